The predicted molar refractivity (Wildman–Crippen MR) is 90.1 cm³/mol. The molecule has 1 fully saturated rings. The summed E-state index contributed by atoms with van der Waals surface area (Å²) in [6.07, 6.45) is 1.64. The molecule has 2 heterocycles. The van der Waals surface area contributed by atoms with Gasteiger partial charge in [0.25, 0.3) is 0 Å². The van der Waals surface area contributed by atoms with E-state index < -0.39 is 5.82 Å². The van der Waals surface area contributed by atoms with Crippen molar-refractivity contribution in [3.8, 4) is 11.1 Å². The Labute approximate surface area is 143 Å². The van der Waals surface area contributed by atoms with E-state index in [-0.39, 0.29) is 18.5 Å². The molecular weight excluding hydrogens is 326 g/mol. The standard InChI is InChI=1S/C19H18F2N2O2/c20-13-3-1-12(2-4-13)15-9-18-17(10-16(15)21)22-19(11-24)23(18)14-5-7-25-8-6-14/h1-4,9-10,14,24H,5-8,11H2. The lowest BCUT2D eigenvalue weighted by molar-refractivity contribution is 0.0687. The average Bonchev–Trinajstić information content (AvgIpc) is 3.00. The number of ether oxygens (including phenoxy) is 1. The highest BCUT2D eigenvalue weighted by Gasteiger charge is 2.22. The Bertz CT molecular complexity index is 900. The van der Waals surface area contributed by atoms with Crippen molar-refractivity contribution in [2.45, 2.75) is 25.5 Å². The maximum absolute atomic E-state index is 14.6. The molecule has 4 rings (SSSR count). The third-order valence-corrected chi connectivity index (χ3v) is 4.70. The highest BCUT2D eigenvalue weighted by molar-refractivity contribution is 5.83. The molecule has 0 bridgehead atoms. The van der Waals surface area contributed by atoms with E-state index in [1.807, 2.05) is 4.57 Å². The molecule has 0 amide bonds. The summed E-state index contributed by atoms with van der Waals surface area (Å²) < 4.78 is 35.1. The number of benzene rings is 2. The van der Waals surface area contributed by atoms with Gasteiger partial charge in [-0.25, -0.2) is 13.8 Å². The SMILES string of the molecule is OCc1nc2cc(F)c(-c3ccc(F)cc3)cc2n1C1CCOCC1. The van der Waals surface area contributed by atoms with Crippen LogP contribution < -0.4 is 0 Å². The molecule has 130 valence electrons. The van der Waals surface area contributed by atoms with Gasteiger partial charge in [-0.1, -0.05) is 12.1 Å². The van der Waals surface area contributed by atoms with Crippen molar-refractivity contribution >= 4 is 11.0 Å². The number of nitrogens with zero attached hydrogens (tertiary/aromatic N) is 2. The summed E-state index contributed by atoms with van der Waals surface area (Å²) in [5.41, 5.74) is 2.28. The normalized spacial score (nSPS) is 15.8. The molecular formula is C19H18F2N2O2. The molecule has 3 aromatic rings. The smallest absolute Gasteiger partial charge is 0.135 e. The van der Waals surface area contributed by atoms with Crippen LogP contribution in [0.5, 0.6) is 0 Å². The molecule has 1 aliphatic heterocycles. The summed E-state index contributed by atoms with van der Waals surface area (Å²) in [4.78, 5) is 4.39. The topological polar surface area (TPSA) is 47.3 Å². The minimum absolute atomic E-state index is 0.160. The first-order valence-corrected chi connectivity index (χ1v) is 8.32. The highest BCUT2D eigenvalue weighted by atomic mass is 19.1. The first-order chi connectivity index (χ1) is 12.2. The lowest BCUT2D eigenvalue weighted by atomic mass is 10.0. The number of aliphatic hydroxyl groups is 1. The van der Waals surface area contributed by atoms with Crippen LogP contribution in [-0.2, 0) is 11.3 Å². The van der Waals surface area contributed by atoms with E-state index >= 15 is 0 Å². The van der Waals surface area contributed by atoms with Crippen molar-refractivity contribution in [2.24, 2.45) is 0 Å². The molecule has 0 saturated carbocycles. The maximum atomic E-state index is 14.6. The molecule has 1 saturated heterocycles. The van der Waals surface area contributed by atoms with E-state index in [1.54, 1.807) is 18.2 Å². The second-order valence-corrected chi connectivity index (χ2v) is 6.23. The van der Waals surface area contributed by atoms with Gasteiger partial charge in [0, 0.05) is 30.9 Å². The predicted octanol–water partition coefficient (Wildman–Crippen LogP) is 3.83. The Hall–Kier alpha value is -2.31. The highest BCUT2D eigenvalue weighted by Crippen LogP contribution is 2.32. The fourth-order valence-corrected chi connectivity index (χ4v) is 3.48. The first-order valence-electron chi connectivity index (χ1n) is 8.32. The minimum Gasteiger partial charge on any atom is -0.388 e. The van der Waals surface area contributed by atoms with Crippen LogP contribution in [0.2, 0.25) is 0 Å². The summed E-state index contributed by atoms with van der Waals surface area (Å²) >= 11 is 0. The Kier molecular flexibility index (Phi) is 4.23. The van der Waals surface area contributed by atoms with Gasteiger partial charge in [0.2, 0.25) is 0 Å². The monoisotopic (exact) mass is 344 g/mol. The molecule has 6 heteroatoms. The molecule has 0 radical (unpaired) electrons. The zero-order chi connectivity index (χ0) is 17.4. The van der Waals surface area contributed by atoms with Crippen molar-refractivity contribution in [1.29, 1.82) is 0 Å². The number of fused-ring (bicyclic) bond motifs is 1. The molecule has 0 atom stereocenters. The second kappa shape index (κ2) is 6.54. The summed E-state index contributed by atoms with van der Waals surface area (Å²) in [5, 5.41) is 9.69. The van der Waals surface area contributed by atoms with Crippen LogP contribution in [0.25, 0.3) is 22.2 Å². The molecule has 2 aromatic carbocycles. The van der Waals surface area contributed by atoms with Crippen molar-refractivity contribution in [2.75, 3.05) is 13.2 Å². The summed E-state index contributed by atoms with van der Waals surface area (Å²) in [5.74, 6) is -0.252. The quantitative estimate of drug-likeness (QED) is 0.786. The molecule has 1 aromatic heterocycles. The van der Waals surface area contributed by atoms with Gasteiger partial charge in [-0.3, -0.25) is 0 Å². The largest absolute Gasteiger partial charge is 0.388 e. The van der Waals surface area contributed by atoms with Gasteiger partial charge in [0.15, 0.2) is 0 Å². The van der Waals surface area contributed by atoms with Crippen molar-refractivity contribution < 1.29 is 18.6 Å². The third-order valence-electron chi connectivity index (χ3n) is 4.70. The van der Waals surface area contributed by atoms with Gasteiger partial charge in [-0.2, -0.15) is 0 Å². The number of aliphatic hydroxyl groups excluding tert-OH is 1. The average molecular weight is 344 g/mol. The fourth-order valence-electron chi connectivity index (χ4n) is 3.48. The Morgan fingerprint density at radius 3 is 2.52 bits per heavy atom. The van der Waals surface area contributed by atoms with Crippen LogP contribution >= 0.6 is 0 Å². The van der Waals surface area contributed by atoms with Crippen LogP contribution in [0.4, 0.5) is 8.78 Å². The van der Waals surface area contributed by atoms with E-state index in [4.69, 9.17) is 4.74 Å². The number of halogens is 2. The Morgan fingerprint density at radius 1 is 1.12 bits per heavy atom. The van der Waals surface area contributed by atoms with Gasteiger partial charge < -0.3 is 14.4 Å². The summed E-state index contributed by atoms with van der Waals surface area (Å²) in [6, 6.07) is 9.01. The van der Waals surface area contributed by atoms with Crippen LogP contribution in [0.3, 0.4) is 0 Å². The zero-order valence-corrected chi connectivity index (χ0v) is 13.6. The lowest BCUT2D eigenvalue weighted by Gasteiger charge is -2.25. The number of rotatable bonds is 3. The third kappa shape index (κ3) is 2.92. The molecule has 0 spiro atoms. The van der Waals surface area contributed by atoms with Crippen molar-refractivity contribution in [3.05, 3.63) is 53.9 Å². The molecule has 0 unspecified atom stereocenters. The van der Waals surface area contributed by atoms with Crippen LogP contribution in [0.1, 0.15) is 24.7 Å². The van der Waals surface area contributed by atoms with Gasteiger partial charge >= 0.3 is 0 Å². The Balaban J connectivity index is 1.89. The van der Waals surface area contributed by atoms with Crippen LogP contribution in [-0.4, -0.2) is 27.9 Å². The minimum atomic E-state index is -0.416. The van der Waals surface area contributed by atoms with E-state index in [9.17, 15) is 13.9 Å². The molecule has 1 aliphatic rings. The van der Waals surface area contributed by atoms with Gasteiger partial charge in [0.05, 0.1) is 11.0 Å². The van der Waals surface area contributed by atoms with E-state index in [0.717, 1.165) is 18.4 Å². The number of imidazole rings is 1. The first kappa shape index (κ1) is 16.2. The molecule has 4 nitrogen and oxygen atoms in total. The maximum Gasteiger partial charge on any atom is 0.135 e. The summed E-state index contributed by atoms with van der Waals surface area (Å²) in [6.45, 7) is 1.10. The van der Waals surface area contributed by atoms with Crippen LogP contribution in [0, 0.1) is 11.6 Å². The fraction of sp³-hybridized carbons (Fsp3) is 0.316. The molecule has 25 heavy (non-hydrogen) atoms. The van der Waals surface area contributed by atoms with E-state index in [0.29, 0.717) is 35.7 Å². The number of hydrogen-bond donors (Lipinski definition) is 1. The second-order valence-electron chi connectivity index (χ2n) is 6.23. The summed E-state index contributed by atoms with van der Waals surface area (Å²) in [7, 11) is 0. The van der Waals surface area contributed by atoms with Gasteiger partial charge in [-0.05, 0) is 36.6 Å². The number of hydrogen-bond acceptors (Lipinski definition) is 3. The molecule has 0 aliphatic carbocycles. The van der Waals surface area contributed by atoms with Crippen molar-refractivity contribution in [3.63, 3.8) is 0 Å². The molecule has 1 N–H and O–H groups in total. The van der Waals surface area contributed by atoms with Crippen molar-refractivity contribution in [1.82, 2.24) is 9.55 Å². The lowest BCUT2D eigenvalue weighted by Crippen LogP contribution is -2.21. The zero-order valence-electron chi connectivity index (χ0n) is 13.6. The van der Waals surface area contributed by atoms with E-state index in [1.165, 1.54) is 18.2 Å². The van der Waals surface area contributed by atoms with Gasteiger partial charge in [-0.15, -0.1) is 0 Å². The van der Waals surface area contributed by atoms with Gasteiger partial charge in [0.1, 0.15) is 24.1 Å². The number of aromatic nitrogens is 2. The van der Waals surface area contributed by atoms with Crippen LogP contribution in [0.15, 0.2) is 36.4 Å². The Morgan fingerprint density at radius 2 is 1.84 bits per heavy atom. The van der Waals surface area contributed by atoms with E-state index in [2.05, 4.69) is 4.98 Å².